The second-order valence-electron chi connectivity index (χ2n) is 7.66. The molecule has 1 aliphatic heterocycles. The molecular weight excluding hydrogens is 284 g/mol. The first-order chi connectivity index (χ1) is 10.9. The number of hydrogen-bond donors (Lipinski definition) is 0. The first kappa shape index (κ1) is 13.5. The fraction of sp³-hybridized carbons (Fsp3) is 0.524. The molecular formula is C21H25S+. The van der Waals surface area contributed by atoms with E-state index in [1.165, 1.54) is 60.8 Å². The van der Waals surface area contributed by atoms with Crippen LogP contribution < -0.4 is 0 Å². The van der Waals surface area contributed by atoms with Crippen LogP contribution in [0.5, 0.6) is 0 Å². The van der Waals surface area contributed by atoms with Crippen molar-refractivity contribution in [1.29, 1.82) is 0 Å². The van der Waals surface area contributed by atoms with Crippen LogP contribution in [0, 0.1) is 11.8 Å². The summed E-state index contributed by atoms with van der Waals surface area (Å²) >= 11 is 0. The maximum Gasteiger partial charge on any atom is 0.155 e. The zero-order valence-electron chi connectivity index (χ0n) is 13.3. The first-order valence-corrected chi connectivity index (χ1v) is 10.6. The van der Waals surface area contributed by atoms with E-state index in [4.69, 9.17) is 0 Å². The minimum Gasteiger partial charge on any atom is -0.0581 e. The van der Waals surface area contributed by atoms with Gasteiger partial charge in [0.15, 0.2) is 4.90 Å². The van der Waals surface area contributed by atoms with Gasteiger partial charge in [0.25, 0.3) is 0 Å². The SMILES string of the molecule is c1cc2cc([S+]3CCCC3)ccc2cc1C1CC2CCC1C2. The Morgan fingerprint density at radius 1 is 0.818 bits per heavy atom. The topological polar surface area (TPSA) is 0 Å². The van der Waals surface area contributed by atoms with Crippen molar-refractivity contribution in [3.8, 4) is 0 Å². The van der Waals surface area contributed by atoms with Crippen molar-refractivity contribution in [2.75, 3.05) is 11.5 Å². The highest BCUT2D eigenvalue weighted by molar-refractivity contribution is 7.97. The summed E-state index contributed by atoms with van der Waals surface area (Å²) in [6.45, 7) is 0. The van der Waals surface area contributed by atoms with Crippen LogP contribution in [0.15, 0.2) is 41.3 Å². The standard InChI is InChI=1S/C21H25S/c1-2-10-22(9-1)20-8-7-16-13-19(6-5-17(16)14-20)21-12-15-3-4-18(21)11-15/h5-8,13-15,18,21H,1-4,9-12H2/q+1. The third-order valence-electron chi connectivity index (χ3n) is 6.37. The van der Waals surface area contributed by atoms with E-state index in [9.17, 15) is 0 Å². The smallest absolute Gasteiger partial charge is 0.0581 e. The van der Waals surface area contributed by atoms with Crippen molar-refractivity contribution in [2.24, 2.45) is 11.8 Å². The largest absolute Gasteiger partial charge is 0.155 e. The molecule has 2 aliphatic carbocycles. The molecule has 2 saturated carbocycles. The predicted molar refractivity (Wildman–Crippen MR) is 96.7 cm³/mol. The quantitative estimate of drug-likeness (QED) is 0.641. The molecule has 0 aromatic heterocycles. The molecule has 3 fully saturated rings. The van der Waals surface area contributed by atoms with E-state index in [2.05, 4.69) is 36.4 Å². The van der Waals surface area contributed by atoms with Gasteiger partial charge in [-0.15, -0.1) is 0 Å². The van der Waals surface area contributed by atoms with Gasteiger partial charge in [0, 0.05) is 17.0 Å². The van der Waals surface area contributed by atoms with E-state index in [1.807, 2.05) is 0 Å². The molecule has 3 unspecified atom stereocenters. The normalized spacial score (nSPS) is 31.4. The molecule has 5 rings (SSSR count). The molecule has 0 radical (unpaired) electrons. The summed E-state index contributed by atoms with van der Waals surface area (Å²) in [4.78, 5) is 1.61. The Morgan fingerprint density at radius 3 is 2.41 bits per heavy atom. The van der Waals surface area contributed by atoms with E-state index in [-0.39, 0.29) is 0 Å². The molecule has 2 aromatic carbocycles. The van der Waals surface area contributed by atoms with Crippen molar-refractivity contribution in [3.63, 3.8) is 0 Å². The number of fused-ring (bicyclic) bond motifs is 3. The number of benzene rings is 2. The molecule has 2 aromatic rings. The molecule has 22 heavy (non-hydrogen) atoms. The molecule has 3 aliphatic rings. The summed E-state index contributed by atoms with van der Waals surface area (Å²) in [7, 11) is 0.545. The molecule has 0 nitrogen and oxygen atoms in total. The Kier molecular flexibility index (Phi) is 3.25. The van der Waals surface area contributed by atoms with Gasteiger partial charge in [0.05, 0.1) is 0 Å². The Hall–Kier alpha value is -0.950. The van der Waals surface area contributed by atoms with Gasteiger partial charge >= 0.3 is 0 Å². The Labute approximate surface area is 136 Å². The van der Waals surface area contributed by atoms with Gasteiger partial charge in [0.1, 0.15) is 11.5 Å². The lowest BCUT2D eigenvalue weighted by Gasteiger charge is -2.22. The van der Waals surface area contributed by atoms with Crippen molar-refractivity contribution in [1.82, 2.24) is 0 Å². The molecule has 3 atom stereocenters. The molecule has 1 saturated heterocycles. The maximum absolute atomic E-state index is 2.50. The lowest BCUT2D eigenvalue weighted by Crippen LogP contribution is -2.08. The molecule has 114 valence electrons. The molecule has 0 N–H and O–H groups in total. The third-order valence-corrected chi connectivity index (χ3v) is 8.85. The Morgan fingerprint density at radius 2 is 1.64 bits per heavy atom. The van der Waals surface area contributed by atoms with Gasteiger partial charge in [-0.05, 0) is 78.3 Å². The summed E-state index contributed by atoms with van der Waals surface area (Å²) in [5.74, 6) is 5.74. The second kappa shape index (κ2) is 5.30. The number of rotatable bonds is 2. The van der Waals surface area contributed by atoms with Crippen LogP contribution in [-0.2, 0) is 10.9 Å². The second-order valence-corrected chi connectivity index (χ2v) is 9.93. The minimum atomic E-state index is 0.545. The van der Waals surface area contributed by atoms with Crippen LogP contribution in [0.2, 0.25) is 0 Å². The summed E-state index contributed by atoms with van der Waals surface area (Å²) in [6.07, 6.45) is 8.81. The van der Waals surface area contributed by atoms with Crippen molar-refractivity contribution in [3.05, 3.63) is 42.0 Å². The average Bonchev–Trinajstić information content (AvgIpc) is 3.31. The summed E-state index contributed by atoms with van der Waals surface area (Å²) in [5.41, 5.74) is 1.62. The summed E-state index contributed by atoms with van der Waals surface area (Å²) in [5, 5.41) is 2.93. The lowest BCUT2D eigenvalue weighted by atomic mass is 9.83. The van der Waals surface area contributed by atoms with Crippen LogP contribution in [0.25, 0.3) is 10.8 Å². The van der Waals surface area contributed by atoms with Gasteiger partial charge in [-0.2, -0.15) is 0 Å². The van der Waals surface area contributed by atoms with E-state index >= 15 is 0 Å². The van der Waals surface area contributed by atoms with Gasteiger partial charge < -0.3 is 0 Å². The summed E-state index contributed by atoms with van der Waals surface area (Å²) in [6, 6.07) is 14.6. The van der Waals surface area contributed by atoms with E-state index in [0.29, 0.717) is 10.9 Å². The van der Waals surface area contributed by atoms with Gasteiger partial charge in [-0.3, -0.25) is 0 Å². The van der Waals surface area contributed by atoms with Crippen LogP contribution in [0.3, 0.4) is 0 Å². The van der Waals surface area contributed by atoms with Crippen molar-refractivity contribution < 1.29 is 0 Å². The predicted octanol–water partition coefficient (Wildman–Crippen LogP) is 5.51. The zero-order valence-corrected chi connectivity index (χ0v) is 14.1. The molecule has 0 spiro atoms. The van der Waals surface area contributed by atoms with Crippen LogP contribution in [0.1, 0.15) is 50.0 Å². The molecule has 0 amide bonds. The molecule has 1 heterocycles. The first-order valence-electron chi connectivity index (χ1n) is 9.08. The fourth-order valence-electron chi connectivity index (χ4n) is 5.20. The highest BCUT2D eigenvalue weighted by atomic mass is 32.2. The van der Waals surface area contributed by atoms with E-state index < -0.39 is 0 Å². The van der Waals surface area contributed by atoms with Gasteiger partial charge in [-0.1, -0.05) is 24.6 Å². The van der Waals surface area contributed by atoms with Crippen LogP contribution in [-0.4, -0.2) is 11.5 Å². The Bertz CT molecular complexity index is 698. The summed E-state index contributed by atoms with van der Waals surface area (Å²) < 4.78 is 0. The lowest BCUT2D eigenvalue weighted by molar-refractivity contribution is 0.420. The minimum absolute atomic E-state index is 0.545. The number of hydrogen-bond acceptors (Lipinski definition) is 0. The fourth-order valence-corrected chi connectivity index (χ4v) is 7.53. The van der Waals surface area contributed by atoms with Gasteiger partial charge in [0.2, 0.25) is 0 Å². The molecule has 1 heteroatoms. The third kappa shape index (κ3) is 2.21. The van der Waals surface area contributed by atoms with Crippen molar-refractivity contribution >= 4 is 21.7 Å². The highest BCUT2D eigenvalue weighted by Crippen LogP contribution is 2.53. The van der Waals surface area contributed by atoms with E-state index in [1.54, 1.807) is 10.5 Å². The highest BCUT2D eigenvalue weighted by Gasteiger charge is 2.40. The zero-order chi connectivity index (χ0) is 14.5. The van der Waals surface area contributed by atoms with Crippen LogP contribution >= 0.6 is 0 Å². The van der Waals surface area contributed by atoms with Gasteiger partial charge in [-0.25, -0.2) is 0 Å². The maximum atomic E-state index is 2.50. The molecule has 2 bridgehead atoms. The monoisotopic (exact) mass is 309 g/mol. The Balaban J connectivity index is 1.47. The average molecular weight is 309 g/mol. The van der Waals surface area contributed by atoms with Crippen LogP contribution in [0.4, 0.5) is 0 Å². The van der Waals surface area contributed by atoms with Crippen molar-refractivity contribution in [2.45, 2.75) is 49.3 Å². The van der Waals surface area contributed by atoms with E-state index in [0.717, 1.165) is 17.8 Å².